The van der Waals surface area contributed by atoms with Crippen LogP contribution in [0.15, 0.2) is 36.5 Å². The van der Waals surface area contributed by atoms with Gasteiger partial charge >= 0.3 is 5.69 Å². The minimum atomic E-state index is -0.680. The minimum Gasteiger partial charge on any atom is -0.304 e. The molecule has 0 fully saturated rings. The fraction of sp³-hybridized carbons (Fsp3) is 0.133. The molecule has 1 aromatic carbocycles. The molecule has 0 bridgehead atoms. The van der Waals surface area contributed by atoms with Crippen molar-refractivity contribution in [2.24, 2.45) is 0 Å². The number of aryl methyl sites for hydroxylation is 1. The van der Waals surface area contributed by atoms with E-state index in [1.165, 1.54) is 0 Å². The average Bonchev–Trinajstić information content (AvgIpc) is 3.17. The van der Waals surface area contributed by atoms with Gasteiger partial charge in [0, 0.05) is 16.8 Å². The van der Waals surface area contributed by atoms with Gasteiger partial charge < -0.3 is 5.32 Å². The van der Waals surface area contributed by atoms with Crippen LogP contribution >= 0.6 is 11.6 Å². The molecule has 25 heavy (non-hydrogen) atoms. The van der Waals surface area contributed by atoms with Gasteiger partial charge in [0.25, 0.3) is 5.91 Å². The largest absolute Gasteiger partial charge is 0.319 e. The number of H-pyrrole nitrogens is 1. The average molecular weight is 361 g/mol. The summed E-state index contributed by atoms with van der Waals surface area (Å²) in [6.07, 6.45) is 0.985. The van der Waals surface area contributed by atoms with Crippen molar-refractivity contribution in [1.82, 2.24) is 20.0 Å². The molecule has 0 unspecified atom stereocenters. The molecule has 0 saturated heterocycles. The highest BCUT2D eigenvalue weighted by Gasteiger charge is 2.23. The Labute approximate surface area is 146 Å². The monoisotopic (exact) mass is 360 g/mol. The number of carbonyl (C=O) groups is 1. The van der Waals surface area contributed by atoms with Crippen LogP contribution in [-0.4, -0.2) is 30.8 Å². The first kappa shape index (κ1) is 16.7. The highest BCUT2D eigenvalue weighted by Crippen LogP contribution is 2.18. The Bertz CT molecular complexity index is 931. The van der Waals surface area contributed by atoms with Crippen LogP contribution in [0.3, 0.4) is 0 Å². The zero-order chi connectivity index (χ0) is 18.0. The summed E-state index contributed by atoms with van der Waals surface area (Å²) in [6.45, 7) is 2.35. The number of hydrogen-bond acceptors (Lipinski definition) is 5. The highest BCUT2D eigenvalue weighted by molar-refractivity contribution is 6.30. The molecule has 3 aromatic rings. The molecule has 0 spiro atoms. The van der Waals surface area contributed by atoms with Crippen LogP contribution in [0.5, 0.6) is 0 Å². The van der Waals surface area contributed by atoms with E-state index >= 15 is 0 Å². The van der Waals surface area contributed by atoms with Gasteiger partial charge in [0.15, 0.2) is 5.82 Å². The number of anilines is 1. The summed E-state index contributed by atoms with van der Waals surface area (Å²) < 4.78 is 1.71. The number of rotatable bonds is 5. The lowest BCUT2D eigenvalue weighted by atomic mass is 10.2. The molecule has 0 atom stereocenters. The molecule has 9 nitrogen and oxygen atoms in total. The summed E-state index contributed by atoms with van der Waals surface area (Å²) in [6, 6.07) is 9.02. The van der Waals surface area contributed by atoms with Crippen LogP contribution in [0.25, 0.3) is 0 Å². The van der Waals surface area contributed by atoms with Crippen molar-refractivity contribution in [3.63, 3.8) is 0 Å². The number of halogens is 1. The lowest BCUT2D eigenvalue weighted by molar-refractivity contribution is -0.385. The van der Waals surface area contributed by atoms with E-state index in [1.807, 2.05) is 19.1 Å². The van der Waals surface area contributed by atoms with Crippen LogP contribution in [-0.2, 0) is 6.54 Å². The van der Waals surface area contributed by atoms with Crippen molar-refractivity contribution >= 4 is 29.0 Å². The minimum absolute atomic E-state index is 0.227. The van der Waals surface area contributed by atoms with Crippen LogP contribution in [0.4, 0.5) is 11.5 Å². The number of nitrogens with one attached hydrogen (secondary N) is 2. The Morgan fingerprint density at radius 1 is 1.40 bits per heavy atom. The van der Waals surface area contributed by atoms with Gasteiger partial charge in [-0.1, -0.05) is 23.7 Å². The molecule has 2 N–H and O–H groups in total. The number of carbonyl (C=O) groups excluding carboxylic acids is 1. The topological polar surface area (TPSA) is 119 Å². The van der Waals surface area contributed by atoms with E-state index in [0.717, 1.165) is 17.5 Å². The molecule has 0 saturated carbocycles. The van der Waals surface area contributed by atoms with Crippen LogP contribution < -0.4 is 5.32 Å². The van der Waals surface area contributed by atoms with E-state index < -0.39 is 16.5 Å². The van der Waals surface area contributed by atoms with Gasteiger partial charge in [0.05, 0.1) is 11.5 Å². The third-order valence-electron chi connectivity index (χ3n) is 3.51. The number of amides is 1. The molecule has 0 aliphatic rings. The lowest BCUT2D eigenvalue weighted by Crippen LogP contribution is -2.15. The first-order chi connectivity index (χ1) is 11.9. The Kier molecular flexibility index (Phi) is 4.48. The van der Waals surface area contributed by atoms with E-state index in [2.05, 4.69) is 20.6 Å². The number of nitro groups is 1. The molecule has 3 rings (SSSR count). The highest BCUT2D eigenvalue weighted by atomic mass is 35.5. The Morgan fingerprint density at radius 3 is 2.80 bits per heavy atom. The van der Waals surface area contributed by atoms with Crippen LogP contribution in [0.2, 0.25) is 5.02 Å². The van der Waals surface area contributed by atoms with Gasteiger partial charge in [-0.15, -0.1) is 0 Å². The Morgan fingerprint density at radius 2 is 2.12 bits per heavy atom. The molecule has 1 amide bonds. The second-order valence-corrected chi connectivity index (χ2v) is 5.73. The molecule has 0 aliphatic carbocycles. The number of aromatic nitrogens is 4. The van der Waals surface area contributed by atoms with Crippen molar-refractivity contribution in [3.05, 3.63) is 68.6 Å². The summed E-state index contributed by atoms with van der Waals surface area (Å²) >= 11 is 5.87. The van der Waals surface area contributed by atoms with Gasteiger partial charge in [0.2, 0.25) is 5.69 Å². The SMILES string of the molecule is Cc1cc(NC(=O)c2[nH]ncc2[N+](=O)[O-])nn1Cc1ccc(Cl)cc1. The molecule has 10 heteroatoms. The van der Waals surface area contributed by atoms with E-state index in [4.69, 9.17) is 11.6 Å². The summed E-state index contributed by atoms with van der Waals surface area (Å²) in [5.74, 6) is -0.388. The maximum Gasteiger partial charge on any atom is 0.319 e. The predicted molar refractivity (Wildman–Crippen MR) is 90.7 cm³/mol. The molecular weight excluding hydrogens is 348 g/mol. The molecule has 2 heterocycles. The maximum atomic E-state index is 12.2. The zero-order valence-electron chi connectivity index (χ0n) is 13.1. The Hall–Kier alpha value is -3.20. The fourth-order valence-corrected chi connectivity index (χ4v) is 2.38. The van der Waals surface area contributed by atoms with Crippen molar-refractivity contribution in [2.45, 2.75) is 13.5 Å². The maximum absolute atomic E-state index is 12.2. The van der Waals surface area contributed by atoms with Gasteiger partial charge in [-0.2, -0.15) is 10.2 Å². The molecule has 0 radical (unpaired) electrons. The van der Waals surface area contributed by atoms with Gasteiger partial charge in [-0.25, -0.2) is 0 Å². The first-order valence-corrected chi connectivity index (χ1v) is 7.60. The van der Waals surface area contributed by atoms with Crippen LogP contribution in [0, 0.1) is 17.0 Å². The van der Waals surface area contributed by atoms with E-state index in [9.17, 15) is 14.9 Å². The molecule has 2 aromatic heterocycles. The molecule has 128 valence electrons. The predicted octanol–water partition coefficient (Wildman–Crippen LogP) is 2.78. The lowest BCUT2D eigenvalue weighted by Gasteiger charge is -2.04. The smallest absolute Gasteiger partial charge is 0.304 e. The summed E-state index contributed by atoms with van der Waals surface area (Å²) in [4.78, 5) is 22.3. The van der Waals surface area contributed by atoms with Crippen molar-refractivity contribution in [2.75, 3.05) is 5.32 Å². The van der Waals surface area contributed by atoms with Gasteiger partial charge in [-0.05, 0) is 24.6 Å². The van der Waals surface area contributed by atoms with E-state index in [0.29, 0.717) is 17.4 Å². The summed E-state index contributed by atoms with van der Waals surface area (Å²) in [5.41, 5.74) is 1.20. The summed E-state index contributed by atoms with van der Waals surface area (Å²) in [5, 5.41) is 24.2. The number of hydrogen-bond donors (Lipinski definition) is 2. The Balaban J connectivity index is 1.76. The van der Waals surface area contributed by atoms with Gasteiger partial charge in [0.1, 0.15) is 6.20 Å². The van der Waals surface area contributed by atoms with Gasteiger partial charge in [-0.3, -0.25) is 24.7 Å². The molecular formula is C15H13ClN6O3. The van der Waals surface area contributed by atoms with E-state index in [1.54, 1.807) is 22.9 Å². The van der Waals surface area contributed by atoms with Crippen molar-refractivity contribution < 1.29 is 9.72 Å². The zero-order valence-corrected chi connectivity index (χ0v) is 13.8. The first-order valence-electron chi connectivity index (χ1n) is 7.22. The molecule has 0 aliphatic heterocycles. The van der Waals surface area contributed by atoms with Crippen molar-refractivity contribution in [3.8, 4) is 0 Å². The normalized spacial score (nSPS) is 10.6. The third-order valence-corrected chi connectivity index (χ3v) is 3.76. The number of aromatic amines is 1. The van der Waals surface area contributed by atoms with E-state index in [-0.39, 0.29) is 5.69 Å². The number of nitrogens with zero attached hydrogens (tertiary/aromatic N) is 4. The fourth-order valence-electron chi connectivity index (χ4n) is 2.26. The number of benzene rings is 1. The quantitative estimate of drug-likeness (QED) is 0.535. The summed E-state index contributed by atoms with van der Waals surface area (Å²) in [7, 11) is 0. The van der Waals surface area contributed by atoms with Crippen molar-refractivity contribution in [1.29, 1.82) is 0 Å². The second kappa shape index (κ2) is 6.73. The standard InChI is InChI=1S/C15H13ClN6O3/c1-9-6-13(18-15(23)14-12(22(24)25)7-17-19-14)20-21(9)8-10-2-4-11(16)5-3-10/h2-7H,8H2,1H3,(H,17,19)(H,18,20,23). The van der Waals surface area contributed by atoms with Crippen LogP contribution in [0.1, 0.15) is 21.7 Å². The third kappa shape index (κ3) is 3.66. The second-order valence-electron chi connectivity index (χ2n) is 5.30.